The molecule has 2 aromatic heterocycles. The molecule has 3 aromatic rings. The van der Waals surface area contributed by atoms with Gasteiger partial charge in [0.25, 0.3) is 5.91 Å². The van der Waals surface area contributed by atoms with Crippen LogP contribution in [-0.4, -0.2) is 15.9 Å². The second-order valence-electron chi connectivity index (χ2n) is 4.57. The van der Waals surface area contributed by atoms with Crippen molar-refractivity contribution in [2.75, 3.05) is 0 Å². The van der Waals surface area contributed by atoms with Crippen LogP contribution in [0.3, 0.4) is 0 Å². The number of rotatable bonds is 3. The van der Waals surface area contributed by atoms with Crippen LogP contribution in [0, 0.1) is 5.82 Å². The summed E-state index contributed by atoms with van der Waals surface area (Å²) in [6.07, 6.45) is 3.33. The highest BCUT2D eigenvalue weighted by atomic mass is 19.1. The van der Waals surface area contributed by atoms with E-state index in [9.17, 15) is 9.18 Å². The Morgan fingerprint density at radius 1 is 1.10 bits per heavy atom. The van der Waals surface area contributed by atoms with Gasteiger partial charge in [0.2, 0.25) is 0 Å². The summed E-state index contributed by atoms with van der Waals surface area (Å²) in [6.45, 7) is 0.329. The van der Waals surface area contributed by atoms with Crippen LogP contribution >= 0.6 is 0 Å². The monoisotopic (exact) mass is 281 g/mol. The first kappa shape index (κ1) is 13.2. The fourth-order valence-corrected chi connectivity index (χ4v) is 1.97. The number of amides is 1. The lowest BCUT2D eigenvalue weighted by Crippen LogP contribution is -2.23. The van der Waals surface area contributed by atoms with Crippen molar-refractivity contribution >= 4 is 16.8 Å². The summed E-state index contributed by atoms with van der Waals surface area (Å²) in [5.41, 5.74) is 1.89. The minimum Gasteiger partial charge on any atom is -0.347 e. The van der Waals surface area contributed by atoms with Gasteiger partial charge in [0.05, 0.1) is 5.52 Å². The highest BCUT2D eigenvalue weighted by Gasteiger charge is 2.07. The molecule has 1 amide bonds. The minimum absolute atomic E-state index is 0.266. The lowest BCUT2D eigenvalue weighted by Gasteiger charge is -2.05. The molecule has 3 rings (SSSR count). The number of nitrogens with zero attached hydrogens (tertiary/aromatic N) is 2. The predicted molar refractivity (Wildman–Crippen MR) is 77.1 cm³/mol. The highest BCUT2D eigenvalue weighted by Crippen LogP contribution is 2.10. The van der Waals surface area contributed by atoms with Crippen LogP contribution in [0.5, 0.6) is 0 Å². The second-order valence-corrected chi connectivity index (χ2v) is 4.57. The van der Waals surface area contributed by atoms with E-state index in [0.29, 0.717) is 12.2 Å². The van der Waals surface area contributed by atoms with E-state index in [1.807, 2.05) is 6.07 Å². The molecule has 0 bridgehead atoms. The number of hydrogen-bond acceptors (Lipinski definition) is 3. The topological polar surface area (TPSA) is 54.9 Å². The van der Waals surface area contributed by atoms with Crippen molar-refractivity contribution in [3.63, 3.8) is 0 Å². The maximum Gasteiger partial charge on any atom is 0.270 e. The van der Waals surface area contributed by atoms with Gasteiger partial charge >= 0.3 is 0 Å². The Morgan fingerprint density at radius 2 is 1.90 bits per heavy atom. The van der Waals surface area contributed by atoms with Crippen LogP contribution in [-0.2, 0) is 6.54 Å². The summed E-state index contributed by atoms with van der Waals surface area (Å²) >= 11 is 0. The Labute approximate surface area is 120 Å². The van der Waals surface area contributed by atoms with Gasteiger partial charge < -0.3 is 5.32 Å². The molecular formula is C16H12FN3O. The summed E-state index contributed by atoms with van der Waals surface area (Å²) in [5, 5.41) is 3.64. The molecule has 4 nitrogen and oxygen atoms in total. The van der Waals surface area contributed by atoms with Crippen molar-refractivity contribution in [1.82, 2.24) is 15.3 Å². The van der Waals surface area contributed by atoms with Crippen LogP contribution in [0.1, 0.15) is 16.1 Å². The molecule has 0 spiro atoms. The molecule has 2 heterocycles. The molecule has 5 heteroatoms. The van der Waals surface area contributed by atoms with Gasteiger partial charge in [-0.3, -0.25) is 9.78 Å². The Kier molecular flexibility index (Phi) is 3.55. The highest BCUT2D eigenvalue weighted by molar-refractivity contribution is 5.94. The number of carbonyl (C=O) groups is 1. The normalized spacial score (nSPS) is 10.5. The number of hydrogen-bond donors (Lipinski definition) is 1. The standard InChI is InChI=1S/C16H12FN3O/c17-13-4-1-11(2-5-13)9-19-16(21)15-6-3-12-10-18-8-7-14(12)20-15/h1-8,10H,9H2,(H,19,21). The van der Waals surface area contributed by atoms with Crippen LogP contribution in [0.15, 0.2) is 54.9 Å². The number of benzene rings is 1. The zero-order valence-corrected chi connectivity index (χ0v) is 11.1. The largest absolute Gasteiger partial charge is 0.347 e. The third-order valence-corrected chi connectivity index (χ3v) is 3.09. The zero-order chi connectivity index (χ0) is 14.7. The maximum atomic E-state index is 12.8. The fourth-order valence-electron chi connectivity index (χ4n) is 1.97. The van der Waals surface area contributed by atoms with Gasteiger partial charge in [0.15, 0.2) is 0 Å². The third kappa shape index (κ3) is 3.02. The van der Waals surface area contributed by atoms with Crippen molar-refractivity contribution in [1.29, 1.82) is 0 Å². The van der Waals surface area contributed by atoms with E-state index in [2.05, 4.69) is 15.3 Å². The van der Waals surface area contributed by atoms with E-state index < -0.39 is 0 Å². The molecule has 0 radical (unpaired) electrons. The summed E-state index contributed by atoms with van der Waals surface area (Å²) < 4.78 is 12.8. The SMILES string of the molecule is O=C(NCc1ccc(F)cc1)c1ccc2cnccc2n1. The van der Waals surface area contributed by atoms with Gasteiger partial charge in [-0.1, -0.05) is 12.1 Å². The molecule has 0 atom stereocenters. The van der Waals surface area contributed by atoms with Gasteiger partial charge in [-0.15, -0.1) is 0 Å². The van der Waals surface area contributed by atoms with Gasteiger partial charge in [-0.05, 0) is 35.9 Å². The molecule has 1 N–H and O–H groups in total. The van der Waals surface area contributed by atoms with Gasteiger partial charge in [0, 0.05) is 24.3 Å². The van der Waals surface area contributed by atoms with Crippen LogP contribution in [0.4, 0.5) is 4.39 Å². The average Bonchev–Trinajstić information content (AvgIpc) is 2.53. The molecule has 0 saturated carbocycles. The summed E-state index contributed by atoms with van der Waals surface area (Å²) in [4.78, 5) is 20.4. The van der Waals surface area contributed by atoms with Crippen LogP contribution in [0.25, 0.3) is 10.9 Å². The zero-order valence-electron chi connectivity index (χ0n) is 11.1. The number of nitrogens with one attached hydrogen (secondary N) is 1. The quantitative estimate of drug-likeness (QED) is 0.803. The van der Waals surface area contributed by atoms with E-state index in [4.69, 9.17) is 0 Å². The fraction of sp³-hybridized carbons (Fsp3) is 0.0625. The molecule has 0 unspecified atom stereocenters. The predicted octanol–water partition coefficient (Wildman–Crippen LogP) is 2.70. The van der Waals surface area contributed by atoms with Crippen molar-refractivity contribution in [3.05, 3.63) is 71.9 Å². The van der Waals surface area contributed by atoms with E-state index in [1.54, 1.807) is 36.7 Å². The number of halogens is 1. The van der Waals surface area contributed by atoms with Crippen molar-refractivity contribution in [2.45, 2.75) is 6.54 Å². The van der Waals surface area contributed by atoms with E-state index >= 15 is 0 Å². The van der Waals surface area contributed by atoms with Gasteiger partial charge in [0.1, 0.15) is 11.5 Å². The third-order valence-electron chi connectivity index (χ3n) is 3.09. The van der Waals surface area contributed by atoms with Crippen molar-refractivity contribution in [3.8, 4) is 0 Å². The molecule has 0 aliphatic carbocycles. The molecular weight excluding hydrogens is 269 g/mol. The number of carbonyl (C=O) groups excluding carboxylic acids is 1. The Hall–Kier alpha value is -2.82. The van der Waals surface area contributed by atoms with Crippen LogP contribution < -0.4 is 5.32 Å². The summed E-state index contributed by atoms with van der Waals surface area (Å²) in [5.74, 6) is -0.562. The first-order valence-corrected chi connectivity index (χ1v) is 6.46. The first-order chi connectivity index (χ1) is 10.2. The first-order valence-electron chi connectivity index (χ1n) is 6.46. The van der Waals surface area contributed by atoms with E-state index in [1.165, 1.54) is 12.1 Å². The Morgan fingerprint density at radius 3 is 2.71 bits per heavy atom. The summed E-state index contributed by atoms with van der Waals surface area (Å²) in [7, 11) is 0. The molecule has 1 aromatic carbocycles. The number of fused-ring (bicyclic) bond motifs is 1. The second kappa shape index (κ2) is 5.66. The smallest absolute Gasteiger partial charge is 0.270 e. The summed E-state index contributed by atoms with van der Waals surface area (Å²) in [6, 6.07) is 11.2. The minimum atomic E-state index is -0.296. The average molecular weight is 281 g/mol. The van der Waals surface area contributed by atoms with Gasteiger partial charge in [-0.2, -0.15) is 0 Å². The molecule has 21 heavy (non-hydrogen) atoms. The van der Waals surface area contributed by atoms with E-state index in [0.717, 1.165) is 16.5 Å². The molecule has 0 fully saturated rings. The Balaban J connectivity index is 1.73. The molecule has 0 aliphatic rings. The number of pyridine rings is 2. The van der Waals surface area contributed by atoms with Crippen molar-refractivity contribution < 1.29 is 9.18 Å². The number of aromatic nitrogens is 2. The molecule has 0 saturated heterocycles. The molecule has 104 valence electrons. The Bertz CT molecular complexity index is 787. The van der Waals surface area contributed by atoms with E-state index in [-0.39, 0.29) is 11.7 Å². The lowest BCUT2D eigenvalue weighted by atomic mass is 10.2. The van der Waals surface area contributed by atoms with Crippen molar-refractivity contribution in [2.24, 2.45) is 0 Å². The lowest BCUT2D eigenvalue weighted by molar-refractivity contribution is 0.0946. The van der Waals surface area contributed by atoms with Crippen LogP contribution in [0.2, 0.25) is 0 Å². The maximum absolute atomic E-state index is 12.8. The van der Waals surface area contributed by atoms with Gasteiger partial charge in [-0.25, -0.2) is 9.37 Å². The molecule has 0 aliphatic heterocycles.